The summed E-state index contributed by atoms with van der Waals surface area (Å²) in [6.45, 7) is -2.32. The number of methoxy groups -OCH3 is 1. The van der Waals surface area contributed by atoms with E-state index in [-0.39, 0.29) is 45.9 Å². The summed E-state index contributed by atoms with van der Waals surface area (Å²) in [6, 6.07) is 9.87. The Labute approximate surface area is 374 Å². The number of esters is 1. The van der Waals surface area contributed by atoms with E-state index in [0.29, 0.717) is 11.1 Å². The number of fused-ring (bicyclic) bond motifs is 1. The van der Waals surface area contributed by atoms with Crippen molar-refractivity contribution in [3.8, 4) is 17.2 Å². The van der Waals surface area contributed by atoms with Crippen molar-refractivity contribution >= 4 is 17.8 Å². The Morgan fingerprint density at radius 3 is 2.00 bits per heavy atom. The van der Waals surface area contributed by atoms with Gasteiger partial charge in [0.15, 0.2) is 23.9 Å². The maximum Gasteiger partial charge on any atom is 0.330 e. The van der Waals surface area contributed by atoms with Crippen LogP contribution in [-0.2, 0) is 38.0 Å². The van der Waals surface area contributed by atoms with E-state index in [1.165, 1.54) is 67.8 Å². The zero-order valence-electron chi connectivity index (χ0n) is 34.7. The van der Waals surface area contributed by atoms with Crippen LogP contribution in [0.25, 0.3) is 11.8 Å². The van der Waals surface area contributed by atoms with Crippen molar-refractivity contribution in [3.05, 3.63) is 101 Å². The van der Waals surface area contributed by atoms with Gasteiger partial charge in [-0.2, -0.15) is 0 Å². The van der Waals surface area contributed by atoms with Gasteiger partial charge in [0, 0.05) is 18.2 Å². The summed E-state index contributed by atoms with van der Waals surface area (Å²) in [5, 5.41) is 137. The van der Waals surface area contributed by atoms with Crippen molar-refractivity contribution in [1.82, 2.24) is 0 Å². The topological polar surface area (TPSA) is 367 Å². The number of carbonyl (C=O) groups is 1. The van der Waals surface area contributed by atoms with Crippen molar-refractivity contribution < 1.29 is 114 Å². The fourth-order valence-corrected chi connectivity index (χ4v) is 7.57. The number of hydrogen-bond donors (Lipinski definition) is 13. The minimum atomic E-state index is -2.04. The van der Waals surface area contributed by atoms with E-state index in [1.54, 1.807) is 0 Å². The predicted molar refractivity (Wildman–Crippen MR) is 218 cm³/mol. The number of hydrogen-bond acceptors (Lipinski definition) is 22. The minimum absolute atomic E-state index is 0.0263. The number of aliphatic hydroxyl groups excluding tert-OH is 11. The van der Waals surface area contributed by atoms with E-state index in [9.17, 15) is 71.2 Å². The Balaban J connectivity index is 1.15. The van der Waals surface area contributed by atoms with Crippen LogP contribution in [0, 0.1) is 0 Å². The Kier molecular flexibility index (Phi) is 15.2. The molecule has 0 radical (unpaired) electrons. The molecule has 0 spiro atoms. The number of rotatable bonds is 14. The van der Waals surface area contributed by atoms with Crippen LogP contribution in [0.5, 0.6) is 17.2 Å². The highest BCUT2D eigenvalue weighted by atomic mass is 16.8. The van der Waals surface area contributed by atoms with Crippen molar-refractivity contribution in [2.75, 3.05) is 26.9 Å². The maximum atomic E-state index is 12.7. The van der Waals surface area contributed by atoms with Crippen molar-refractivity contribution in [1.29, 1.82) is 0 Å². The first-order chi connectivity index (χ1) is 31.5. The third kappa shape index (κ3) is 10.3. The monoisotopic (exact) mass is 935 g/mol. The van der Waals surface area contributed by atoms with Gasteiger partial charge in [-0.1, -0.05) is 6.07 Å². The molecule has 4 aliphatic heterocycles. The molecule has 0 saturated carbocycles. The van der Waals surface area contributed by atoms with Gasteiger partial charge in [-0.25, -0.2) is 4.79 Å². The lowest BCUT2D eigenvalue weighted by Crippen LogP contribution is -2.64. The number of phenolic OH excluding ortho intramolecular Hbond substituents is 2. The molecule has 0 amide bonds. The molecule has 0 aromatic heterocycles. The number of ether oxygens (including phenoxy) is 9. The Morgan fingerprint density at radius 2 is 1.33 bits per heavy atom. The SMILES string of the molecule is COc1cc(/C=C/C(=O)OC[C@H]2O[C@@H](O[C@H]3[C@H](OC4=C(c5ccc(O)cc5)[OH+]C5C=C(O)C=C(O[C@@H]6O[C@H](CO)[C@@H](O)[C@H](O)[C@H]6O)C5=C4)O[C@H](CO)[C@@H](O)[C@@H]3O)[C@H](O)[C@@H](O)[C@@H]2O)ccc1O. The van der Waals surface area contributed by atoms with E-state index in [0.717, 1.165) is 12.2 Å². The second-order valence-corrected chi connectivity index (χ2v) is 15.7. The van der Waals surface area contributed by atoms with E-state index < -0.39 is 124 Å². The fourth-order valence-electron chi connectivity index (χ4n) is 7.57. The van der Waals surface area contributed by atoms with Crippen LogP contribution in [0.15, 0.2) is 89.6 Å². The molecule has 2 aromatic rings. The first kappa shape index (κ1) is 48.6. The third-order valence-electron chi connectivity index (χ3n) is 11.3. The molecule has 5 aliphatic rings. The molecule has 7 rings (SSSR count). The molecular formula is C43H51O23+. The quantitative estimate of drug-likeness (QED) is 0.0501. The number of benzene rings is 2. The van der Waals surface area contributed by atoms with Gasteiger partial charge >= 0.3 is 11.7 Å². The summed E-state index contributed by atoms with van der Waals surface area (Å²) in [6.07, 6.45) is -21.8. The van der Waals surface area contributed by atoms with Gasteiger partial charge in [0.1, 0.15) is 91.0 Å². The molecule has 360 valence electrons. The summed E-state index contributed by atoms with van der Waals surface area (Å²) < 4.78 is 50.3. The zero-order chi connectivity index (χ0) is 47.6. The first-order valence-electron chi connectivity index (χ1n) is 20.4. The largest absolute Gasteiger partial charge is 0.571 e. The second-order valence-electron chi connectivity index (χ2n) is 15.7. The zero-order valence-corrected chi connectivity index (χ0v) is 34.7. The van der Waals surface area contributed by atoms with Crippen molar-refractivity contribution in [3.63, 3.8) is 0 Å². The standard InChI is InChI=1S/C43H50O23/c1-58-25-10-17(2-8-22(25)48)3-9-30(49)59-16-29-33(52)35(54)38(57)42(65-29)66-40-36(55)32(51)28(15-45)64-43(40)62-26-13-21-23(60-39(26)18-4-6-19(46)7-5-18)11-20(47)12-24(21)61-41-37(56)34(53)31(50)27(14-44)63-41/h2-13,23,27-29,31-38,40-48,50-57H,14-16H2,1H3/p+1/b9-3+/t23?,27-,28-,29-,31-,32-,33-,34+,35+,36+,37-,38-,40-,41-,42+,43-/m1/s1. The van der Waals surface area contributed by atoms with Gasteiger partial charge in [0.05, 0.1) is 37.5 Å². The number of allylic oxidation sites excluding steroid dienone is 2. The summed E-state index contributed by atoms with van der Waals surface area (Å²) >= 11 is 0. The van der Waals surface area contributed by atoms with Crippen LogP contribution in [0.2, 0.25) is 0 Å². The minimum Gasteiger partial charge on any atom is -0.571 e. The van der Waals surface area contributed by atoms with E-state index in [4.69, 9.17) is 42.6 Å². The third-order valence-corrected chi connectivity index (χ3v) is 11.3. The average molecular weight is 936 g/mol. The second kappa shape index (κ2) is 20.7. The number of aliphatic hydroxyl groups is 13. The van der Waals surface area contributed by atoms with E-state index in [1.807, 2.05) is 0 Å². The highest BCUT2D eigenvalue weighted by Crippen LogP contribution is 2.40. The molecule has 23 heteroatoms. The van der Waals surface area contributed by atoms with Crippen molar-refractivity contribution in [2.45, 2.75) is 98.2 Å². The maximum absolute atomic E-state index is 12.7. The predicted octanol–water partition coefficient (Wildman–Crippen LogP) is -3.33. The highest BCUT2D eigenvalue weighted by molar-refractivity contribution is 5.87. The summed E-state index contributed by atoms with van der Waals surface area (Å²) in [5.74, 6) is -1.76. The van der Waals surface area contributed by atoms with Crippen LogP contribution in [0.4, 0.5) is 0 Å². The van der Waals surface area contributed by atoms with Crippen molar-refractivity contribution in [2.24, 2.45) is 0 Å². The summed E-state index contributed by atoms with van der Waals surface area (Å²) in [7, 11) is 1.34. The lowest BCUT2D eigenvalue weighted by molar-refractivity contribution is -0.363. The fraction of sp³-hybridized carbons (Fsp3) is 0.465. The van der Waals surface area contributed by atoms with Crippen LogP contribution in [0.1, 0.15) is 11.1 Å². The molecule has 16 atom stereocenters. The molecule has 23 nitrogen and oxygen atoms in total. The van der Waals surface area contributed by atoms with Gasteiger partial charge < -0.3 is 109 Å². The summed E-state index contributed by atoms with van der Waals surface area (Å²) in [4.78, 5) is 12.7. The van der Waals surface area contributed by atoms with E-state index >= 15 is 0 Å². The van der Waals surface area contributed by atoms with Gasteiger partial charge in [-0.3, -0.25) is 0 Å². The molecule has 2 aromatic carbocycles. The molecule has 66 heavy (non-hydrogen) atoms. The molecule has 0 bridgehead atoms. The Hall–Kier alpha value is -5.35. The lowest BCUT2D eigenvalue weighted by Gasteiger charge is -2.46. The van der Waals surface area contributed by atoms with Gasteiger partial charge in [0.25, 0.3) is 0 Å². The average Bonchev–Trinajstić information content (AvgIpc) is 3.30. The van der Waals surface area contributed by atoms with Gasteiger partial charge in [-0.05, 0) is 48.0 Å². The van der Waals surface area contributed by atoms with Gasteiger partial charge in [-0.15, -0.1) is 0 Å². The molecule has 14 N–H and O–H groups in total. The first-order valence-corrected chi connectivity index (χ1v) is 20.4. The number of phenols is 2. The molecule has 3 fully saturated rings. The highest BCUT2D eigenvalue weighted by Gasteiger charge is 2.53. The number of aromatic hydroxyl groups is 2. The number of carbonyl (C=O) groups excluding carboxylic acids is 1. The van der Waals surface area contributed by atoms with Crippen LogP contribution in [0.3, 0.4) is 0 Å². The Bertz CT molecular complexity index is 2190. The Morgan fingerprint density at radius 1 is 0.712 bits per heavy atom. The van der Waals surface area contributed by atoms with Crippen LogP contribution >= 0.6 is 0 Å². The van der Waals surface area contributed by atoms with Gasteiger partial charge in [0.2, 0.25) is 24.4 Å². The molecule has 3 saturated heterocycles. The molecule has 1 unspecified atom stereocenters. The van der Waals surface area contributed by atoms with Crippen LogP contribution < -0.4 is 4.74 Å². The molecule has 1 aliphatic carbocycles. The lowest BCUT2D eigenvalue weighted by atomic mass is 9.96. The summed E-state index contributed by atoms with van der Waals surface area (Å²) in [5.41, 5.74) is 0.881. The molecular weight excluding hydrogens is 884 g/mol. The molecule has 4 heterocycles. The van der Waals surface area contributed by atoms with Crippen LogP contribution in [-0.4, -0.2) is 202 Å². The smallest absolute Gasteiger partial charge is 0.330 e. The normalized spacial score (nSPS) is 35.8. The van der Waals surface area contributed by atoms with E-state index in [2.05, 4.69) is 0 Å².